The van der Waals surface area contributed by atoms with Crippen LogP contribution in [0.5, 0.6) is 5.75 Å². The number of carbonyl (C=O) groups is 1. The molecule has 0 unspecified atom stereocenters. The van der Waals surface area contributed by atoms with Gasteiger partial charge in [0.2, 0.25) is 0 Å². The predicted molar refractivity (Wildman–Crippen MR) is 77.0 cm³/mol. The average Bonchev–Trinajstić information content (AvgIpc) is 2.84. The Morgan fingerprint density at radius 2 is 1.80 bits per heavy atom. The average molecular weight is 266 g/mol. The molecule has 0 aliphatic heterocycles. The summed E-state index contributed by atoms with van der Waals surface area (Å²) < 4.78 is 5.08. The second-order valence-corrected chi connectivity index (χ2v) is 4.72. The minimum absolute atomic E-state index is 0.0499. The van der Waals surface area contributed by atoms with Crippen LogP contribution in [0.3, 0.4) is 0 Å². The summed E-state index contributed by atoms with van der Waals surface area (Å²) in [6.45, 7) is 0. The molecule has 0 saturated carbocycles. The van der Waals surface area contributed by atoms with Crippen molar-refractivity contribution >= 4 is 11.5 Å². The van der Waals surface area contributed by atoms with Crippen molar-refractivity contribution in [1.29, 1.82) is 0 Å². The Hall–Kier alpha value is -2.55. The number of allylic oxidation sites excluding steroid dienone is 1. The molecule has 0 atom stereocenters. The van der Waals surface area contributed by atoms with Crippen molar-refractivity contribution in [2.24, 2.45) is 0 Å². The number of methoxy groups -OCH3 is 1. The molecule has 20 heavy (non-hydrogen) atoms. The first-order valence-corrected chi connectivity index (χ1v) is 6.40. The quantitative estimate of drug-likeness (QED) is 0.669. The van der Waals surface area contributed by atoms with Crippen molar-refractivity contribution in [1.82, 2.24) is 0 Å². The number of ether oxygens (including phenoxy) is 1. The molecule has 0 fully saturated rings. The lowest BCUT2D eigenvalue weighted by molar-refractivity contribution is 0.103. The van der Waals surface area contributed by atoms with E-state index in [9.17, 15) is 9.90 Å². The molecule has 2 aromatic rings. The molecule has 0 radical (unpaired) electrons. The number of ketones is 1. The largest absolute Gasteiger partial charge is 0.507 e. The zero-order valence-corrected chi connectivity index (χ0v) is 11.1. The van der Waals surface area contributed by atoms with Crippen molar-refractivity contribution in [2.45, 2.75) is 6.42 Å². The first-order valence-electron chi connectivity index (χ1n) is 6.40. The molecule has 0 bridgehead atoms. The molecule has 1 N–H and O–H groups in total. The van der Waals surface area contributed by atoms with E-state index in [-0.39, 0.29) is 11.5 Å². The second kappa shape index (κ2) is 4.85. The topological polar surface area (TPSA) is 46.5 Å². The van der Waals surface area contributed by atoms with E-state index >= 15 is 0 Å². The van der Waals surface area contributed by atoms with Gasteiger partial charge in [-0.2, -0.15) is 0 Å². The molecular formula is C17H14O3. The Kier molecular flexibility index (Phi) is 3.03. The summed E-state index contributed by atoms with van der Waals surface area (Å²) in [7, 11) is 1.59. The molecule has 3 heteroatoms. The van der Waals surface area contributed by atoms with Gasteiger partial charge in [-0.05, 0) is 29.8 Å². The lowest BCUT2D eigenvalue weighted by Gasteiger charge is -2.05. The summed E-state index contributed by atoms with van der Waals surface area (Å²) in [6, 6.07) is 14.5. The van der Waals surface area contributed by atoms with Crippen LogP contribution in [0.4, 0.5) is 0 Å². The Morgan fingerprint density at radius 3 is 2.45 bits per heavy atom. The van der Waals surface area contributed by atoms with Gasteiger partial charge in [0.25, 0.3) is 0 Å². The third-order valence-electron chi connectivity index (χ3n) is 3.55. The maximum absolute atomic E-state index is 12.3. The lowest BCUT2D eigenvalue weighted by Crippen LogP contribution is -2.00. The van der Waals surface area contributed by atoms with E-state index in [0.717, 1.165) is 5.56 Å². The minimum Gasteiger partial charge on any atom is -0.507 e. The molecule has 0 aromatic heterocycles. The zero-order chi connectivity index (χ0) is 14.1. The van der Waals surface area contributed by atoms with E-state index in [1.165, 1.54) is 0 Å². The van der Waals surface area contributed by atoms with Crippen LogP contribution >= 0.6 is 0 Å². The van der Waals surface area contributed by atoms with Gasteiger partial charge in [-0.15, -0.1) is 0 Å². The van der Waals surface area contributed by atoms with Gasteiger partial charge in [0.1, 0.15) is 11.5 Å². The molecule has 100 valence electrons. The fraction of sp³-hybridized carbons (Fsp3) is 0.118. The smallest absolute Gasteiger partial charge is 0.193 e. The maximum Gasteiger partial charge on any atom is 0.193 e. The monoisotopic (exact) mass is 266 g/mol. The van der Waals surface area contributed by atoms with Crippen LogP contribution in [0.15, 0.2) is 54.1 Å². The highest BCUT2D eigenvalue weighted by Crippen LogP contribution is 2.31. The number of carbonyl (C=O) groups excluding carboxylic acids is 1. The molecule has 3 rings (SSSR count). The van der Waals surface area contributed by atoms with Crippen molar-refractivity contribution in [3.63, 3.8) is 0 Å². The van der Waals surface area contributed by atoms with Gasteiger partial charge in [-0.25, -0.2) is 0 Å². The van der Waals surface area contributed by atoms with Crippen molar-refractivity contribution in [2.75, 3.05) is 7.11 Å². The number of aliphatic hydroxyl groups is 1. The highest BCUT2D eigenvalue weighted by Gasteiger charge is 2.27. The third kappa shape index (κ3) is 1.97. The van der Waals surface area contributed by atoms with E-state index in [1.54, 1.807) is 37.4 Å². The van der Waals surface area contributed by atoms with Crippen LogP contribution in [-0.2, 0) is 6.42 Å². The summed E-state index contributed by atoms with van der Waals surface area (Å²) in [5.41, 5.74) is 2.73. The van der Waals surface area contributed by atoms with Crippen LogP contribution in [0, 0.1) is 0 Å². The molecule has 1 aliphatic rings. The summed E-state index contributed by atoms with van der Waals surface area (Å²) in [4.78, 5) is 12.3. The Bertz CT molecular complexity index is 696. The molecule has 0 amide bonds. The first-order chi connectivity index (χ1) is 9.70. The van der Waals surface area contributed by atoms with Gasteiger partial charge in [-0.1, -0.05) is 24.3 Å². The Labute approximate surface area is 117 Å². The normalized spacial score (nSPS) is 15.9. The summed E-state index contributed by atoms with van der Waals surface area (Å²) in [5.74, 6) is 0.676. The Balaban J connectivity index is 2.01. The maximum atomic E-state index is 12.3. The predicted octanol–water partition coefficient (Wildman–Crippen LogP) is 3.40. The van der Waals surface area contributed by atoms with E-state index in [2.05, 4.69) is 0 Å². The fourth-order valence-electron chi connectivity index (χ4n) is 2.44. The number of Topliss-reactive ketones (excluding diaryl/α,β-unsaturated/α-hetero) is 1. The molecule has 2 aromatic carbocycles. The zero-order valence-electron chi connectivity index (χ0n) is 11.1. The Morgan fingerprint density at radius 1 is 1.10 bits per heavy atom. The number of hydrogen-bond acceptors (Lipinski definition) is 3. The minimum atomic E-state index is -0.0890. The first kappa shape index (κ1) is 12.5. The van der Waals surface area contributed by atoms with Crippen molar-refractivity contribution in [3.05, 3.63) is 70.8 Å². The highest BCUT2D eigenvalue weighted by atomic mass is 16.5. The highest BCUT2D eigenvalue weighted by molar-refractivity contribution is 6.16. The lowest BCUT2D eigenvalue weighted by atomic mass is 10.1. The van der Waals surface area contributed by atoms with Gasteiger partial charge < -0.3 is 9.84 Å². The summed E-state index contributed by atoms with van der Waals surface area (Å²) >= 11 is 0. The van der Waals surface area contributed by atoms with Gasteiger partial charge in [0.15, 0.2) is 5.78 Å². The van der Waals surface area contributed by atoms with E-state index in [4.69, 9.17) is 4.74 Å². The molecule has 1 aliphatic carbocycles. The van der Waals surface area contributed by atoms with Crippen LogP contribution in [0.1, 0.15) is 21.5 Å². The van der Waals surface area contributed by atoms with E-state index in [1.807, 2.05) is 18.2 Å². The number of benzene rings is 2. The van der Waals surface area contributed by atoms with Gasteiger partial charge in [0.05, 0.1) is 7.11 Å². The molecule has 0 saturated heterocycles. The van der Waals surface area contributed by atoms with Gasteiger partial charge >= 0.3 is 0 Å². The number of rotatable bonds is 2. The molecule has 0 heterocycles. The summed E-state index contributed by atoms with van der Waals surface area (Å²) in [5, 5.41) is 10.3. The molecule has 0 spiro atoms. The second-order valence-electron chi connectivity index (χ2n) is 4.72. The van der Waals surface area contributed by atoms with Crippen LogP contribution in [-0.4, -0.2) is 18.0 Å². The third-order valence-corrected chi connectivity index (χ3v) is 3.55. The van der Waals surface area contributed by atoms with Crippen LogP contribution in [0.25, 0.3) is 5.76 Å². The number of aliphatic hydroxyl groups excluding tert-OH is 1. The van der Waals surface area contributed by atoms with Crippen molar-refractivity contribution in [3.8, 4) is 5.75 Å². The van der Waals surface area contributed by atoms with Crippen molar-refractivity contribution < 1.29 is 14.6 Å². The van der Waals surface area contributed by atoms with E-state index < -0.39 is 0 Å². The summed E-state index contributed by atoms with van der Waals surface area (Å²) in [6.07, 6.45) is 0.479. The van der Waals surface area contributed by atoms with E-state index in [0.29, 0.717) is 28.9 Å². The van der Waals surface area contributed by atoms with Gasteiger partial charge in [-0.3, -0.25) is 4.79 Å². The van der Waals surface area contributed by atoms with Crippen LogP contribution in [0.2, 0.25) is 0 Å². The molecule has 3 nitrogen and oxygen atoms in total. The van der Waals surface area contributed by atoms with Gasteiger partial charge in [0, 0.05) is 23.1 Å². The number of hydrogen-bond donors (Lipinski definition) is 1. The standard InChI is InChI=1S/C17H14O3/c1-20-13-8-6-11(7-9-13)16(18)15-10-12-4-2-3-5-14(12)17(15)19/h2-9,18H,10H2,1H3/b16-15-. The SMILES string of the molecule is COc1ccc(/C(O)=C2\Cc3ccccc3C2=O)cc1. The van der Waals surface area contributed by atoms with Crippen LogP contribution < -0.4 is 4.74 Å². The fourth-order valence-corrected chi connectivity index (χ4v) is 2.44. The molecular weight excluding hydrogens is 252 g/mol. The number of fused-ring (bicyclic) bond motifs is 1.